The Morgan fingerprint density at radius 2 is 1.68 bits per heavy atom. The number of ketones is 1. The molecule has 0 bridgehead atoms. The molecule has 7 heteroatoms. The number of hydrogen-bond acceptors (Lipinski definition) is 5. The van der Waals surface area contributed by atoms with Gasteiger partial charge in [-0.15, -0.1) is 0 Å². The summed E-state index contributed by atoms with van der Waals surface area (Å²) in [5, 5.41) is 0. The lowest BCUT2D eigenvalue weighted by molar-refractivity contribution is -0.915. The highest BCUT2D eigenvalue weighted by molar-refractivity contribution is 6.24. The van der Waals surface area contributed by atoms with Gasteiger partial charge in [-0.05, 0) is 12.1 Å². The molecule has 3 fully saturated rings. The SMILES string of the molecule is O=C(c1ccccc1)[C@@H]1[C@@H]2C(=O)N(c3ccc4c(c3)OCCO4)C(=O)[C@@H]2[C@H]2CCC[NH+]21. The van der Waals surface area contributed by atoms with Crippen LogP contribution < -0.4 is 19.3 Å². The number of anilines is 1. The molecular weight excluding hydrogens is 396 g/mol. The highest BCUT2D eigenvalue weighted by Gasteiger charge is 2.68. The normalized spacial score (nSPS) is 31.0. The van der Waals surface area contributed by atoms with Crippen LogP contribution in [0.4, 0.5) is 5.69 Å². The highest BCUT2D eigenvalue weighted by atomic mass is 16.6. The van der Waals surface area contributed by atoms with Crippen molar-refractivity contribution in [1.29, 1.82) is 0 Å². The molecule has 4 heterocycles. The molecule has 0 radical (unpaired) electrons. The predicted octanol–water partition coefficient (Wildman–Crippen LogP) is 0.876. The molecule has 5 atom stereocenters. The standard InChI is InChI=1S/C24H22N2O5/c27-22(14-5-2-1-3-6-14)21-20-19(16-7-4-10-25(16)21)23(28)26(24(20)29)15-8-9-17-18(13-15)31-12-11-30-17/h1-3,5-6,8-9,13,16,19-21H,4,7,10-12H2/p+1/t16-,19-,20-,21+/m1/s1. The Bertz CT molecular complexity index is 1080. The second-order valence-electron chi connectivity index (χ2n) is 8.67. The number of benzene rings is 2. The molecule has 1 N–H and O–H groups in total. The number of rotatable bonds is 3. The number of hydrogen-bond donors (Lipinski definition) is 1. The summed E-state index contributed by atoms with van der Waals surface area (Å²) in [4.78, 5) is 43.0. The lowest BCUT2D eigenvalue weighted by Gasteiger charge is -2.26. The minimum absolute atomic E-state index is 0.0151. The Labute approximate surface area is 179 Å². The van der Waals surface area contributed by atoms with Crippen molar-refractivity contribution in [2.45, 2.75) is 24.9 Å². The molecule has 7 nitrogen and oxygen atoms in total. The monoisotopic (exact) mass is 419 g/mol. The van der Waals surface area contributed by atoms with E-state index in [0.29, 0.717) is 36.0 Å². The van der Waals surface area contributed by atoms with E-state index in [2.05, 4.69) is 0 Å². The first-order valence-electron chi connectivity index (χ1n) is 10.9. The van der Waals surface area contributed by atoms with Crippen LogP contribution in [-0.2, 0) is 9.59 Å². The summed E-state index contributed by atoms with van der Waals surface area (Å²) in [6.45, 7) is 1.73. The molecule has 4 aliphatic rings. The van der Waals surface area contributed by atoms with Crippen LogP contribution in [0.15, 0.2) is 48.5 Å². The van der Waals surface area contributed by atoms with E-state index in [1.165, 1.54) is 4.90 Å². The van der Waals surface area contributed by atoms with E-state index in [4.69, 9.17) is 9.47 Å². The number of fused-ring (bicyclic) bond motifs is 4. The molecule has 4 aliphatic heterocycles. The molecule has 2 aromatic rings. The minimum Gasteiger partial charge on any atom is -0.486 e. The van der Waals surface area contributed by atoms with E-state index in [-0.39, 0.29) is 23.6 Å². The van der Waals surface area contributed by atoms with Crippen LogP contribution in [0.2, 0.25) is 0 Å². The molecule has 3 saturated heterocycles. The number of ether oxygens (including phenoxy) is 2. The number of quaternary nitrogens is 1. The van der Waals surface area contributed by atoms with Crippen molar-refractivity contribution < 1.29 is 28.8 Å². The van der Waals surface area contributed by atoms with Crippen molar-refractivity contribution >= 4 is 23.3 Å². The number of imide groups is 1. The van der Waals surface area contributed by atoms with Gasteiger partial charge in [0.1, 0.15) is 31.1 Å². The molecule has 2 amide bonds. The molecule has 1 unspecified atom stereocenters. The fourth-order valence-electron chi connectivity index (χ4n) is 5.95. The lowest BCUT2D eigenvalue weighted by atomic mass is 9.85. The third-order valence-corrected chi connectivity index (χ3v) is 7.17. The second-order valence-corrected chi connectivity index (χ2v) is 8.67. The summed E-state index contributed by atoms with van der Waals surface area (Å²) in [7, 11) is 0. The first-order chi connectivity index (χ1) is 15.1. The Balaban J connectivity index is 1.39. The fourth-order valence-corrected chi connectivity index (χ4v) is 5.95. The molecule has 0 spiro atoms. The van der Waals surface area contributed by atoms with E-state index in [0.717, 1.165) is 24.3 Å². The van der Waals surface area contributed by atoms with Crippen molar-refractivity contribution in [3.05, 3.63) is 54.1 Å². The Kier molecular flexibility index (Phi) is 4.14. The van der Waals surface area contributed by atoms with Gasteiger partial charge in [0.05, 0.1) is 12.2 Å². The zero-order valence-corrected chi connectivity index (χ0v) is 17.0. The number of carbonyl (C=O) groups is 3. The Morgan fingerprint density at radius 1 is 0.935 bits per heavy atom. The maximum Gasteiger partial charge on any atom is 0.244 e. The summed E-state index contributed by atoms with van der Waals surface area (Å²) >= 11 is 0. The molecule has 6 rings (SSSR count). The number of Topliss-reactive ketones (excluding diaryl/α,β-unsaturated/α-hetero) is 1. The third-order valence-electron chi connectivity index (χ3n) is 7.17. The topological polar surface area (TPSA) is 77.3 Å². The van der Waals surface area contributed by atoms with Crippen LogP contribution >= 0.6 is 0 Å². The fraction of sp³-hybridized carbons (Fsp3) is 0.375. The van der Waals surface area contributed by atoms with E-state index in [9.17, 15) is 14.4 Å². The maximum absolute atomic E-state index is 13.6. The average Bonchev–Trinajstić information content (AvgIpc) is 3.45. The van der Waals surface area contributed by atoms with Crippen molar-refractivity contribution in [3.8, 4) is 11.5 Å². The number of nitrogens with one attached hydrogen (secondary N) is 1. The van der Waals surface area contributed by atoms with Gasteiger partial charge in [0.2, 0.25) is 17.6 Å². The molecular formula is C24H23N2O5+. The maximum atomic E-state index is 13.6. The van der Waals surface area contributed by atoms with Gasteiger partial charge >= 0.3 is 0 Å². The largest absolute Gasteiger partial charge is 0.486 e. The first kappa shape index (κ1) is 18.6. The van der Waals surface area contributed by atoms with Gasteiger partial charge in [0.25, 0.3) is 0 Å². The van der Waals surface area contributed by atoms with Crippen molar-refractivity contribution in [3.63, 3.8) is 0 Å². The molecule has 31 heavy (non-hydrogen) atoms. The van der Waals surface area contributed by atoms with Crippen LogP contribution in [0.5, 0.6) is 11.5 Å². The van der Waals surface area contributed by atoms with Crippen molar-refractivity contribution in [2.75, 3.05) is 24.7 Å². The van der Waals surface area contributed by atoms with E-state index < -0.39 is 17.9 Å². The van der Waals surface area contributed by atoms with Gasteiger partial charge in [-0.2, -0.15) is 0 Å². The quantitative estimate of drug-likeness (QED) is 0.590. The minimum atomic E-state index is -0.617. The number of amides is 2. The van der Waals surface area contributed by atoms with Crippen molar-refractivity contribution in [1.82, 2.24) is 0 Å². The molecule has 0 aromatic heterocycles. The second kappa shape index (κ2) is 6.92. The first-order valence-corrected chi connectivity index (χ1v) is 10.9. The summed E-state index contributed by atoms with van der Waals surface area (Å²) < 4.78 is 11.2. The van der Waals surface area contributed by atoms with Gasteiger partial charge in [0, 0.05) is 24.5 Å². The summed E-state index contributed by atoms with van der Waals surface area (Å²) in [6.07, 6.45) is 1.83. The zero-order chi connectivity index (χ0) is 21.1. The summed E-state index contributed by atoms with van der Waals surface area (Å²) in [5.74, 6) is -0.434. The number of nitrogens with zero attached hydrogens (tertiary/aromatic N) is 1. The third kappa shape index (κ3) is 2.66. The molecule has 0 aliphatic carbocycles. The van der Waals surface area contributed by atoms with Gasteiger partial charge < -0.3 is 14.4 Å². The van der Waals surface area contributed by atoms with Gasteiger partial charge in [-0.1, -0.05) is 30.3 Å². The summed E-state index contributed by atoms with van der Waals surface area (Å²) in [5.41, 5.74) is 1.09. The van der Waals surface area contributed by atoms with Crippen LogP contribution in [0.1, 0.15) is 23.2 Å². The van der Waals surface area contributed by atoms with Crippen LogP contribution in [0.25, 0.3) is 0 Å². The molecule has 158 valence electrons. The molecule has 2 aromatic carbocycles. The van der Waals surface area contributed by atoms with Gasteiger partial charge in [-0.3, -0.25) is 14.4 Å². The van der Waals surface area contributed by atoms with E-state index in [1.807, 2.05) is 18.2 Å². The van der Waals surface area contributed by atoms with Crippen LogP contribution in [-0.4, -0.2) is 49.4 Å². The van der Waals surface area contributed by atoms with Crippen LogP contribution in [0, 0.1) is 11.8 Å². The molecule has 0 saturated carbocycles. The van der Waals surface area contributed by atoms with Gasteiger partial charge in [-0.25, -0.2) is 4.90 Å². The van der Waals surface area contributed by atoms with Crippen LogP contribution in [0.3, 0.4) is 0 Å². The lowest BCUT2D eigenvalue weighted by Crippen LogP contribution is -3.16. The van der Waals surface area contributed by atoms with Crippen molar-refractivity contribution in [2.24, 2.45) is 11.8 Å². The van der Waals surface area contributed by atoms with E-state index >= 15 is 0 Å². The average molecular weight is 419 g/mol. The predicted molar refractivity (Wildman–Crippen MR) is 110 cm³/mol. The van der Waals surface area contributed by atoms with E-state index in [1.54, 1.807) is 30.3 Å². The van der Waals surface area contributed by atoms with Gasteiger partial charge in [0.15, 0.2) is 17.5 Å². The highest BCUT2D eigenvalue weighted by Crippen LogP contribution is 2.42. The Hall–Kier alpha value is -3.19. The number of carbonyl (C=O) groups excluding carboxylic acids is 3. The summed E-state index contributed by atoms with van der Waals surface area (Å²) in [6, 6.07) is 13.8. The Morgan fingerprint density at radius 3 is 2.48 bits per heavy atom. The smallest absolute Gasteiger partial charge is 0.244 e. The zero-order valence-electron chi connectivity index (χ0n) is 17.0.